The number of carboxylic acids is 3. The molecular formula is C17H33N5O8. The third-order valence-corrected chi connectivity index (χ3v) is 4.85. The summed E-state index contributed by atoms with van der Waals surface area (Å²) in [6.45, 7) is 2.01. The first kappa shape index (κ1) is 26.2. The summed E-state index contributed by atoms with van der Waals surface area (Å²) >= 11 is 0. The minimum Gasteiger partial charge on any atom is -0.480 e. The summed E-state index contributed by atoms with van der Waals surface area (Å²) in [4.78, 5) is 40.3. The van der Waals surface area contributed by atoms with E-state index in [4.69, 9.17) is 21.1 Å². The number of aliphatic carboxylic acids is 3. The summed E-state index contributed by atoms with van der Waals surface area (Å²) in [6, 6.07) is 0. The second-order valence-corrected chi connectivity index (χ2v) is 7.37. The van der Waals surface area contributed by atoms with Crippen molar-refractivity contribution in [2.45, 2.75) is 12.3 Å². The van der Waals surface area contributed by atoms with Gasteiger partial charge in [0.25, 0.3) is 0 Å². The molecule has 0 aliphatic carbocycles. The van der Waals surface area contributed by atoms with E-state index in [2.05, 4.69) is 0 Å². The summed E-state index contributed by atoms with van der Waals surface area (Å²) in [5.74, 6) is -3.04. The molecule has 1 rings (SSSR count). The number of aliphatic hydroxyl groups is 2. The van der Waals surface area contributed by atoms with E-state index in [1.807, 2.05) is 0 Å². The first-order valence-corrected chi connectivity index (χ1v) is 9.73. The van der Waals surface area contributed by atoms with Gasteiger partial charge in [0.2, 0.25) is 0 Å². The van der Waals surface area contributed by atoms with E-state index in [-0.39, 0.29) is 26.2 Å². The average molecular weight is 435 g/mol. The molecule has 7 N–H and O–H groups in total. The molecule has 0 aromatic heterocycles. The van der Waals surface area contributed by atoms with Crippen LogP contribution in [-0.4, -0.2) is 154 Å². The lowest BCUT2D eigenvalue weighted by atomic mass is 10.2. The zero-order valence-electron chi connectivity index (χ0n) is 17.0. The van der Waals surface area contributed by atoms with Gasteiger partial charge in [0.1, 0.15) is 12.3 Å². The van der Waals surface area contributed by atoms with Crippen LogP contribution in [0.4, 0.5) is 0 Å². The summed E-state index contributed by atoms with van der Waals surface area (Å²) in [6.07, 6.45) is -2.63. The van der Waals surface area contributed by atoms with Crippen molar-refractivity contribution in [1.82, 2.24) is 19.6 Å². The smallest absolute Gasteiger partial charge is 0.317 e. The lowest BCUT2D eigenvalue weighted by molar-refractivity contribution is -0.140. The van der Waals surface area contributed by atoms with Crippen LogP contribution in [0.15, 0.2) is 0 Å². The van der Waals surface area contributed by atoms with Gasteiger partial charge in [-0.2, -0.15) is 0 Å². The molecule has 0 radical (unpaired) electrons. The Morgan fingerprint density at radius 1 is 0.633 bits per heavy atom. The highest BCUT2D eigenvalue weighted by Gasteiger charge is 2.22. The molecular weight excluding hydrogens is 402 g/mol. The van der Waals surface area contributed by atoms with Crippen molar-refractivity contribution in [3.63, 3.8) is 0 Å². The Labute approximate surface area is 174 Å². The number of carbonyl (C=O) groups is 3. The first-order chi connectivity index (χ1) is 14.1. The topological polar surface area (TPSA) is 191 Å². The molecule has 1 heterocycles. The highest BCUT2D eigenvalue weighted by molar-refractivity contribution is 5.69. The maximum Gasteiger partial charge on any atom is 0.317 e. The maximum atomic E-state index is 11.2. The van der Waals surface area contributed by atoms with E-state index in [0.717, 1.165) is 0 Å². The summed E-state index contributed by atoms with van der Waals surface area (Å²) < 4.78 is 0. The molecule has 0 amide bonds. The van der Waals surface area contributed by atoms with Crippen LogP contribution in [0, 0.1) is 0 Å². The molecule has 0 bridgehead atoms. The lowest BCUT2D eigenvalue weighted by Gasteiger charge is -2.34. The van der Waals surface area contributed by atoms with Crippen LogP contribution in [0.1, 0.15) is 0 Å². The van der Waals surface area contributed by atoms with Crippen LogP contribution < -0.4 is 5.73 Å². The molecule has 2 unspecified atom stereocenters. The Morgan fingerprint density at radius 2 is 0.900 bits per heavy atom. The van der Waals surface area contributed by atoms with Crippen LogP contribution in [-0.2, 0) is 14.4 Å². The number of hydrogen-bond acceptors (Lipinski definition) is 10. The van der Waals surface area contributed by atoms with Crippen LogP contribution in [0.3, 0.4) is 0 Å². The van der Waals surface area contributed by atoms with E-state index >= 15 is 0 Å². The number of rotatable bonds is 9. The third-order valence-electron chi connectivity index (χ3n) is 4.85. The summed E-state index contributed by atoms with van der Waals surface area (Å²) in [5, 5.41) is 46.7. The fourth-order valence-electron chi connectivity index (χ4n) is 3.18. The van der Waals surface area contributed by atoms with Gasteiger partial charge in [-0.05, 0) is 0 Å². The van der Waals surface area contributed by atoms with Crippen molar-refractivity contribution in [2.75, 3.05) is 78.5 Å². The molecule has 2 atom stereocenters. The van der Waals surface area contributed by atoms with Crippen molar-refractivity contribution in [2.24, 2.45) is 5.73 Å². The van der Waals surface area contributed by atoms with Gasteiger partial charge >= 0.3 is 17.9 Å². The molecule has 30 heavy (non-hydrogen) atoms. The van der Waals surface area contributed by atoms with Gasteiger partial charge in [0.15, 0.2) is 0 Å². The molecule has 0 spiro atoms. The van der Waals surface area contributed by atoms with E-state index in [1.54, 1.807) is 19.6 Å². The maximum absolute atomic E-state index is 11.2. The minimum absolute atomic E-state index is 0.0463. The Morgan fingerprint density at radius 3 is 1.13 bits per heavy atom. The normalized spacial score (nSPS) is 21.3. The number of hydrogen-bond donors (Lipinski definition) is 6. The van der Waals surface area contributed by atoms with Gasteiger partial charge in [-0.3, -0.25) is 34.0 Å². The van der Waals surface area contributed by atoms with Crippen LogP contribution in [0.5, 0.6) is 0 Å². The monoisotopic (exact) mass is 435 g/mol. The Hall–Kier alpha value is -1.87. The number of β-amino-alcohol motifs (C(OH)–C–C–N with tert-alkyl or cyclic N) is 1. The number of aliphatic hydroxyl groups excluding tert-OH is 2. The Balaban J connectivity index is 2.94. The zero-order chi connectivity index (χ0) is 22.7. The minimum atomic E-state index is -1.43. The van der Waals surface area contributed by atoms with E-state index in [9.17, 15) is 24.6 Å². The largest absolute Gasteiger partial charge is 0.480 e. The first-order valence-electron chi connectivity index (χ1n) is 9.73. The van der Waals surface area contributed by atoms with E-state index in [0.29, 0.717) is 52.4 Å². The third kappa shape index (κ3) is 11.3. The molecule has 0 saturated carbocycles. The predicted octanol–water partition coefficient (Wildman–Crippen LogP) is -3.90. The van der Waals surface area contributed by atoms with Crippen LogP contribution >= 0.6 is 0 Å². The molecule has 1 aliphatic rings. The molecule has 13 heteroatoms. The molecule has 1 fully saturated rings. The summed E-state index contributed by atoms with van der Waals surface area (Å²) in [5.41, 5.74) is 5.32. The van der Waals surface area contributed by atoms with Gasteiger partial charge < -0.3 is 31.3 Å². The zero-order valence-corrected chi connectivity index (χ0v) is 17.0. The Kier molecular flexibility index (Phi) is 11.7. The summed E-state index contributed by atoms with van der Waals surface area (Å²) in [7, 11) is 0. The molecule has 1 aliphatic heterocycles. The van der Waals surface area contributed by atoms with Gasteiger partial charge in [-0.1, -0.05) is 0 Å². The predicted molar refractivity (Wildman–Crippen MR) is 105 cm³/mol. The fraction of sp³-hybridized carbons (Fsp3) is 0.824. The molecule has 1 saturated heterocycles. The second-order valence-electron chi connectivity index (χ2n) is 7.37. The van der Waals surface area contributed by atoms with E-state index < -0.39 is 30.2 Å². The molecule has 0 aromatic rings. The standard InChI is InChI=1S/C17H33N5O8/c18-17(30)13(23)9-19-1-3-20(10-14(24)25)5-7-22(12-16(28)29)8-6-21(4-2-19)11-15(26)27/h13,17,23,30H,1-12,18H2,(H,24,25)(H,26,27)(H,28,29). The molecule has 13 nitrogen and oxygen atoms in total. The second kappa shape index (κ2) is 13.4. The number of carboxylic acid groups (broad SMARTS) is 3. The van der Waals surface area contributed by atoms with Gasteiger partial charge in [-0.25, -0.2) is 0 Å². The van der Waals surface area contributed by atoms with Crippen molar-refractivity contribution in [3.05, 3.63) is 0 Å². The average Bonchev–Trinajstić information content (AvgIpc) is 2.62. The fourth-order valence-corrected chi connectivity index (χ4v) is 3.18. The van der Waals surface area contributed by atoms with Gasteiger partial charge in [0.05, 0.1) is 19.6 Å². The van der Waals surface area contributed by atoms with Crippen molar-refractivity contribution in [3.8, 4) is 0 Å². The SMILES string of the molecule is NC(O)C(O)CN1CCN(CC(=O)O)CCN(CC(=O)O)CCN(CC(=O)O)CC1. The van der Waals surface area contributed by atoms with Crippen molar-refractivity contribution in [1.29, 1.82) is 0 Å². The quantitative estimate of drug-likeness (QED) is 0.193. The van der Waals surface area contributed by atoms with Gasteiger partial charge in [0, 0.05) is 58.9 Å². The highest BCUT2D eigenvalue weighted by Crippen LogP contribution is 2.03. The highest BCUT2D eigenvalue weighted by atomic mass is 16.4. The molecule has 0 aromatic carbocycles. The van der Waals surface area contributed by atoms with Crippen LogP contribution in [0.25, 0.3) is 0 Å². The van der Waals surface area contributed by atoms with E-state index in [1.165, 1.54) is 0 Å². The number of nitrogens with two attached hydrogens (primary N) is 1. The van der Waals surface area contributed by atoms with Crippen molar-refractivity contribution >= 4 is 17.9 Å². The van der Waals surface area contributed by atoms with Crippen LogP contribution in [0.2, 0.25) is 0 Å². The Bertz CT molecular complexity index is 532. The van der Waals surface area contributed by atoms with Gasteiger partial charge in [-0.15, -0.1) is 0 Å². The lowest BCUT2D eigenvalue weighted by Crippen LogP contribution is -2.51. The number of nitrogens with zero attached hydrogens (tertiary/aromatic N) is 4. The molecule has 174 valence electrons. The van der Waals surface area contributed by atoms with Crippen molar-refractivity contribution < 1.29 is 39.9 Å².